The first-order chi connectivity index (χ1) is 7.28. The van der Waals surface area contributed by atoms with Gasteiger partial charge in [0.1, 0.15) is 0 Å². The zero-order valence-corrected chi connectivity index (χ0v) is 10.8. The Morgan fingerprint density at radius 1 is 1.56 bits per heavy atom. The predicted octanol–water partition coefficient (Wildman–Crippen LogP) is 0.604. The normalized spacial score (nSPS) is 23.9. The highest BCUT2D eigenvalue weighted by Gasteiger charge is 2.27. The van der Waals surface area contributed by atoms with Crippen LogP contribution in [0, 0.1) is 5.92 Å². The molecule has 4 nitrogen and oxygen atoms in total. The van der Waals surface area contributed by atoms with E-state index in [1.807, 2.05) is 0 Å². The highest BCUT2D eigenvalue weighted by molar-refractivity contribution is 5.78. The first kappa shape index (κ1) is 13.5. The minimum atomic E-state index is -0.478. The van der Waals surface area contributed by atoms with Crippen molar-refractivity contribution in [2.75, 3.05) is 19.6 Å². The second kappa shape index (κ2) is 5.15. The van der Waals surface area contributed by atoms with Crippen molar-refractivity contribution in [1.82, 2.24) is 10.2 Å². The van der Waals surface area contributed by atoms with E-state index in [1.165, 1.54) is 0 Å². The van der Waals surface area contributed by atoms with Crippen molar-refractivity contribution in [2.45, 2.75) is 45.8 Å². The summed E-state index contributed by atoms with van der Waals surface area (Å²) in [5, 5.41) is 13.1. The van der Waals surface area contributed by atoms with Crippen LogP contribution in [0.25, 0.3) is 0 Å². The maximum absolute atomic E-state index is 11.5. The monoisotopic (exact) mass is 228 g/mol. The van der Waals surface area contributed by atoms with Gasteiger partial charge in [0.2, 0.25) is 5.91 Å². The molecule has 1 amide bonds. The lowest BCUT2D eigenvalue weighted by Crippen LogP contribution is -2.45. The van der Waals surface area contributed by atoms with Crippen LogP contribution in [0.15, 0.2) is 0 Å². The van der Waals surface area contributed by atoms with Gasteiger partial charge in [-0.15, -0.1) is 0 Å². The van der Waals surface area contributed by atoms with Gasteiger partial charge in [-0.25, -0.2) is 0 Å². The number of aliphatic hydroxyl groups excluding tert-OH is 1. The number of rotatable bonds is 4. The first-order valence-electron chi connectivity index (χ1n) is 5.99. The number of carbonyl (C=O) groups is 1. The number of amides is 1. The van der Waals surface area contributed by atoms with Gasteiger partial charge in [0.05, 0.1) is 6.10 Å². The largest absolute Gasteiger partial charge is 0.390 e. The third-order valence-electron chi connectivity index (χ3n) is 2.71. The summed E-state index contributed by atoms with van der Waals surface area (Å²) in [5.41, 5.74) is 0.00326. The average Bonchev–Trinajstić information content (AvgIpc) is 2.41. The molecule has 2 unspecified atom stereocenters. The van der Waals surface area contributed by atoms with Gasteiger partial charge >= 0.3 is 0 Å². The molecule has 4 heteroatoms. The number of hydrogen-bond donors (Lipinski definition) is 2. The molecule has 1 aliphatic rings. The van der Waals surface area contributed by atoms with Crippen LogP contribution in [0.3, 0.4) is 0 Å². The molecule has 16 heavy (non-hydrogen) atoms. The van der Waals surface area contributed by atoms with Crippen LogP contribution in [0.2, 0.25) is 0 Å². The van der Waals surface area contributed by atoms with Crippen molar-refractivity contribution in [3.05, 3.63) is 0 Å². The van der Waals surface area contributed by atoms with E-state index in [0.29, 0.717) is 25.4 Å². The molecule has 1 saturated heterocycles. The SMILES string of the molecule is CC1CC(=O)N(CC(O)CNC(C)(C)C)C1. The Labute approximate surface area is 98.0 Å². The zero-order valence-electron chi connectivity index (χ0n) is 10.8. The van der Waals surface area contributed by atoms with Crippen molar-refractivity contribution < 1.29 is 9.90 Å². The summed E-state index contributed by atoms with van der Waals surface area (Å²) >= 11 is 0. The highest BCUT2D eigenvalue weighted by Crippen LogP contribution is 2.16. The van der Waals surface area contributed by atoms with Gasteiger partial charge in [-0.3, -0.25) is 4.79 Å². The van der Waals surface area contributed by atoms with Crippen molar-refractivity contribution in [1.29, 1.82) is 0 Å². The fourth-order valence-electron chi connectivity index (χ4n) is 1.89. The molecule has 1 aliphatic heterocycles. The lowest BCUT2D eigenvalue weighted by Gasteiger charge is -2.25. The highest BCUT2D eigenvalue weighted by atomic mass is 16.3. The lowest BCUT2D eigenvalue weighted by atomic mass is 10.1. The number of likely N-dealkylation sites (tertiary alicyclic amines) is 1. The van der Waals surface area contributed by atoms with Gasteiger partial charge in [-0.05, 0) is 26.7 Å². The van der Waals surface area contributed by atoms with E-state index in [0.717, 1.165) is 6.54 Å². The second-order valence-electron chi connectivity index (χ2n) is 5.89. The van der Waals surface area contributed by atoms with Gasteiger partial charge in [0.25, 0.3) is 0 Å². The molecule has 0 bridgehead atoms. The van der Waals surface area contributed by atoms with Crippen LogP contribution in [0.5, 0.6) is 0 Å². The number of hydrogen-bond acceptors (Lipinski definition) is 3. The van der Waals surface area contributed by atoms with Crippen LogP contribution in [-0.4, -0.2) is 47.2 Å². The van der Waals surface area contributed by atoms with Gasteiger partial charge in [0.15, 0.2) is 0 Å². The molecule has 1 fully saturated rings. The Bertz CT molecular complexity index is 248. The molecule has 0 radical (unpaired) electrons. The van der Waals surface area contributed by atoms with E-state index < -0.39 is 6.10 Å². The number of nitrogens with zero attached hydrogens (tertiary/aromatic N) is 1. The van der Waals surface area contributed by atoms with Crippen molar-refractivity contribution in [3.63, 3.8) is 0 Å². The van der Waals surface area contributed by atoms with E-state index in [4.69, 9.17) is 0 Å². The van der Waals surface area contributed by atoms with Crippen molar-refractivity contribution in [3.8, 4) is 0 Å². The molecule has 1 rings (SSSR count). The van der Waals surface area contributed by atoms with Gasteiger partial charge < -0.3 is 15.3 Å². The summed E-state index contributed by atoms with van der Waals surface area (Å²) in [7, 11) is 0. The summed E-state index contributed by atoms with van der Waals surface area (Å²) in [6.07, 6.45) is 0.146. The van der Waals surface area contributed by atoms with Crippen LogP contribution in [0.4, 0.5) is 0 Å². The van der Waals surface area contributed by atoms with Crippen LogP contribution < -0.4 is 5.32 Å². The molecule has 0 aliphatic carbocycles. The Hall–Kier alpha value is -0.610. The molecular formula is C12H24N2O2. The Morgan fingerprint density at radius 2 is 2.19 bits per heavy atom. The number of aliphatic hydroxyl groups is 1. The van der Waals surface area contributed by atoms with E-state index in [2.05, 4.69) is 33.0 Å². The summed E-state index contributed by atoms with van der Waals surface area (Å²) in [5.74, 6) is 0.595. The van der Waals surface area contributed by atoms with Gasteiger partial charge in [-0.2, -0.15) is 0 Å². The first-order valence-corrected chi connectivity index (χ1v) is 5.99. The molecule has 0 aromatic carbocycles. The topological polar surface area (TPSA) is 52.6 Å². The lowest BCUT2D eigenvalue weighted by molar-refractivity contribution is -0.128. The van der Waals surface area contributed by atoms with Crippen molar-refractivity contribution >= 4 is 5.91 Å². The number of β-amino-alcohol motifs (C(OH)–C–C–N with tert-alkyl or cyclic N) is 1. The fourth-order valence-corrected chi connectivity index (χ4v) is 1.89. The van der Waals surface area contributed by atoms with Crippen LogP contribution in [0.1, 0.15) is 34.1 Å². The quantitative estimate of drug-likeness (QED) is 0.741. The maximum atomic E-state index is 11.5. The Balaban J connectivity index is 2.29. The molecule has 2 N–H and O–H groups in total. The second-order valence-corrected chi connectivity index (χ2v) is 5.89. The minimum Gasteiger partial charge on any atom is -0.390 e. The standard InChI is InChI=1S/C12H24N2O2/c1-9-5-11(16)14(7-9)8-10(15)6-13-12(2,3)4/h9-10,13,15H,5-8H2,1-4H3. The third-order valence-corrected chi connectivity index (χ3v) is 2.71. The van der Waals surface area contributed by atoms with Gasteiger partial charge in [0, 0.05) is 31.6 Å². The summed E-state index contributed by atoms with van der Waals surface area (Å²) in [4.78, 5) is 13.3. The number of carbonyl (C=O) groups excluding carboxylic acids is 1. The fraction of sp³-hybridized carbons (Fsp3) is 0.917. The zero-order chi connectivity index (χ0) is 12.3. The molecule has 0 aromatic rings. The summed E-state index contributed by atoms with van der Waals surface area (Å²) in [6.45, 7) is 10.0. The molecule has 1 heterocycles. The molecule has 2 atom stereocenters. The number of nitrogens with one attached hydrogen (secondary N) is 1. The average molecular weight is 228 g/mol. The molecule has 0 aromatic heterocycles. The predicted molar refractivity (Wildman–Crippen MR) is 64.1 cm³/mol. The molecule has 0 spiro atoms. The molecule has 0 saturated carbocycles. The van der Waals surface area contributed by atoms with Gasteiger partial charge in [-0.1, -0.05) is 6.92 Å². The third kappa shape index (κ3) is 4.49. The van der Waals surface area contributed by atoms with E-state index in [-0.39, 0.29) is 11.4 Å². The summed E-state index contributed by atoms with van der Waals surface area (Å²) < 4.78 is 0. The van der Waals surface area contributed by atoms with E-state index in [9.17, 15) is 9.90 Å². The minimum absolute atomic E-state index is 0.00326. The Kier molecular flexibility index (Phi) is 4.33. The maximum Gasteiger partial charge on any atom is 0.223 e. The molecular weight excluding hydrogens is 204 g/mol. The molecule has 94 valence electrons. The van der Waals surface area contributed by atoms with Crippen LogP contribution >= 0.6 is 0 Å². The van der Waals surface area contributed by atoms with Crippen molar-refractivity contribution in [2.24, 2.45) is 5.92 Å². The van der Waals surface area contributed by atoms with E-state index in [1.54, 1.807) is 4.90 Å². The smallest absolute Gasteiger partial charge is 0.223 e. The van der Waals surface area contributed by atoms with E-state index >= 15 is 0 Å². The summed E-state index contributed by atoms with van der Waals surface area (Å²) in [6, 6.07) is 0. The van der Waals surface area contributed by atoms with Crippen LogP contribution in [-0.2, 0) is 4.79 Å². The Morgan fingerprint density at radius 3 is 2.62 bits per heavy atom.